The van der Waals surface area contributed by atoms with E-state index in [0.717, 1.165) is 30.6 Å². The first-order valence-electron chi connectivity index (χ1n) is 5.73. The summed E-state index contributed by atoms with van der Waals surface area (Å²) >= 11 is 0. The van der Waals surface area contributed by atoms with Gasteiger partial charge in [0.1, 0.15) is 18.0 Å². The lowest BCUT2D eigenvalue weighted by molar-refractivity contribution is 0.0653. The van der Waals surface area contributed by atoms with Gasteiger partial charge in [0.25, 0.3) is 0 Å². The number of aliphatic hydroxyl groups is 1. The van der Waals surface area contributed by atoms with Gasteiger partial charge in [-0.3, -0.25) is 0 Å². The minimum absolute atomic E-state index is 0.0584. The van der Waals surface area contributed by atoms with E-state index in [1.807, 2.05) is 13.0 Å². The van der Waals surface area contributed by atoms with E-state index in [4.69, 9.17) is 4.74 Å². The average molecular weight is 206 g/mol. The van der Waals surface area contributed by atoms with Crippen molar-refractivity contribution in [2.45, 2.75) is 45.3 Å². The summed E-state index contributed by atoms with van der Waals surface area (Å²) in [6.45, 7) is 4.20. The van der Waals surface area contributed by atoms with Gasteiger partial charge < -0.3 is 9.84 Å². The van der Waals surface area contributed by atoms with Crippen molar-refractivity contribution >= 4 is 0 Å². The molecule has 82 valence electrons. The molecule has 0 radical (unpaired) electrons. The van der Waals surface area contributed by atoms with Gasteiger partial charge in [-0.1, -0.05) is 26.3 Å². The molecule has 1 aromatic carbocycles. The predicted octanol–water partition coefficient (Wildman–Crippen LogP) is 2.84. The summed E-state index contributed by atoms with van der Waals surface area (Å²) in [5, 5.41) is 10.0. The number of aliphatic hydroxyl groups excluding tert-OH is 1. The molecule has 2 nitrogen and oxygen atoms in total. The second-order valence-corrected chi connectivity index (χ2v) is 4.13. The van der Waals surface area contributed by atoms with Crippen molar-refractivity contribution in [2.75, 3.05) is 0 Å². The molecule has 2 atom stereocenters. The van der Waals surface area contributed by atoms with Crippen LogP contribution in [0.2, 0.25) is 0 Å². The third-order valence-corrected chi connectivity index (χ3v) is 2.96. The molecule has 2 unspecified atom stereocenters. The molecule has 0 saturated carbocycles. The molecular formula is C13H18O2. The van der Waals surface area contributed by atoms with Gasteiger partial charge in [-0.25, -0.2) is 0 Å². The Bertz CT molecular complexity index is 346. The second-order valence-electron chi connectivity index (χ2n) is 4.13. The van der Waals surface area contributed by atoms with Crippen molar-refractivity contribution < 1.29 is 9.84 Å². The number of hydrogen-bond acceptors (Lipinski definition) is 2. The van der Waals surface area contributed by atoms with Crippen molar-refractivity contribution in [1.29, 1.82) is 0 Å². The van der Waals surface area contributed by atoms with Crippen molar-refractivity contribution in [3.05, 3.63) is 29.3 Å². The largest absolute Gasteiger partial charge is 0.487 e. The Morgan fingerprint density at radius 2 is 2.13 bits per heavy atom. The molecule has 0 aromatic heterocycles. The van der Waals surface area contributed by atoms with Crippen LogP contribution in [0.3, 0.4) is 0 Å². The Labute approximate surface area is 90.9 Å². The van der Waals surface area contributed by atoms with Crippen molar-refractivity contribution in [1.82, 2.24) is 0 Å². The molecule has 2 heteroatoms. The monoisotopic (exact) mass is 206 g/mol. The Morgan fingerprint density at radius 1 is 1.33 bits per heavy atom. The maximum absolute atomic E-state index is 10.0. The zero-order chi connectivity index (χ0) is 10.8. The summed E-state index contributed by atoms with van der Waals surface area (Å²) in [7, 11) is 0. The molecule has 0 bridgehead atoms. The third kappa shape index (κ3) is 1.86. The number of rotatable bonds is 3. The summed E-state index contributed by atoms with van der Waals surface area (Å²) in [5.74, 6) is 0.856. The first-order valence-corrected chi connectivity index (χ1v) is 5.73. The van der Waals surface area contributed by atoms with Crippen LogP contribution in [0, 0.1) is 0 Å². The van der Waals surface area contributed by atoms with Crippen LogP contribution in [0.5, 0.6) is 5.75 Å². The summed E-state index contributed by atoms with van der Waals surface area (Å²) in [5.41, 5.74) is 2.25. The molecular weight excluding hydrogens is 188 g/mol. The standard InChI is InChI=1S/C13H18O2/c1-3-5-9-6-7-12-10(8-9)13(14)11(4-2)15-12/h6-8,11,13-14H,3-5H2,1-2H3. The molecule has 1 heterocycles. The van der Waals surface area contributed by atoms with Gasteiger partial charge in [0.15, 0.2) is 0 Å². The average Bonchev–Trinajstić information content (AvgIpc) is 2.56. The second kappa shape index (κ2) is 4.23. The zero-order valence-corrected chi connectivity index (χ0v) is 9.36. The lowest BCUT2D eigenvalue weighted by atomic mass is 10.0. The Morgan fingerprint density at radius 3 is 2.80 bits per heavy atom. The number of aryl methyl sites for hydroxylation is 1. The lowest BCUT2D eigenvalue weighted by Crippen LogP contribution is -2.16. The van der Waals surface area contributed by atoms with Crippen LogP contribution in [0.25, 0.3) is 0 Å². The fourth-order valence-corrected chi connectivity index (χ4v) is 2.11. The maximum atomic E-state index is 10.0. The smallest absolute Gasteiger partial charge is 0.129 e. The molecule has 0 fully saturated rings. The highest BCUT2D eigenvalue weighted by Gasteiger charge is 2.31. The van der Waals surface area contributed by atoms with Gasteiger partial charge in [-0.2, -0.15) is 0 Å². The molecule has 0 aliphatic carbocycles. The van der Waals surface area contributed by atoms with Crippen LogP contribution >= 0.6 is 0 Å². The number of ether oxygens (including phenoxy) is 1. The quantitative estimate of drug-likeness (QED) is 0.824. The lowest BCUT2D eigenvalue weighted by Gasteiger charge is -2.10. The molecule has 0 spiro atoms. The van der Waals surface area contributed by atoms with Gasteiger partial charge in [0.05, 0.1) is 0 Å². The highest BCUT2D eigenvalue weighted by Crippen LogP contribution is 2.38. The van der Waals surface area contributed by atoms with Gasteiger partial charge in [-0.15, -0.1) is 0 Å². The summed E-state index contributed by atoms with van der Waals surface area (Å²) < 4.78 is 5.65. The Kier molecular flexibility index (Phi) is 2.96. The summed E-state index contributed by atoms with van der Waals surface area (Å²) in [6.07, 6.45) is 2.54. The first-order chi connectivity index (χ1) is 7.26. The van der Waals surface area contributed by atoms with E-state index < -0.39 is 6.10 Å². The van der Waals surface area contributed by atoms with Crippen LogP contribution in [-0.2, 0) is 6.42 Å². The highest BCUT2D eigenvalue weighted by atomic mass is 16.5. The molecule has 1 aromatic rings. The molecule has 1 aliphatic heterocycles. The molecule has 0 amide bonds. The molecule has 15 heavy (non-hydrogen) atoms. The molecule has 0 saturated heterocycles. The van der Waals surface area contributed by atoms with Crippen LogP contribution in [0.1, 0.15) is 43.9 Å². The van der Waals surface area contributed by atoms with E-state index in [-0.39, 0.29) is 6.10 Å². The van der Waals surface area contributed by atoms with Crippen LogP contribution in [0.15, 0.2) is 18.2 Å². The zero-order valence-electron chi connectivity index (χ0n) is 9.36. The summed E-state index contributed by atoms with van der Waals surface area (Å²) in [4.78, 5) is 0. The van der Waals surface area contributed by atoms with Crippen molar-refractivity contribution in [2.24, 2.45) is 0 Å². The number of hydrogen-bond donors (Lipinski definition) is 1. The fourth-order valence-electron chi connectivity index (χ4n) is 2.11. The van der Waals surface area contributed by atoms with E-state index in [2.05, 4.69) is 19.1 Å². The molecule has 2 rings (SSSR count). The van der Waals surface area contributed by atoms with E-state index in [1.165, 1.54) is 5.56 Å². The summed E-state index contributed by atoms with van der Waals surface area (Å²) in [6, 6.07) is 6.16. The normalized spacial score (nSPS) is 23.7. The maximum Gasteiger partial charge on any atom is 0.129 e. The first kappa shape index (κ1) is 10.5. The molecule has 1 N–H and O–H groups in total. The van der Waals surface area contributed by atoms with Crippen molar-refractivity contribution in [3.63, 3.8) is 0 Å². The van der Waals surface area contributed by atoms with E-state index in [1.54, 1.807) is 0 Å². The van der Waals surface area contributed by atoms with Gasteiger partial charge in [-0.05, 0) is 30.5 Å². The van der Waals surface area contributed by atoms with E-state index in [9.17, 15) is 5.11 Å². The van der Waals surface area contributed by atoms with Gasteiger partial charge in [0.2, 0.25) is 0 Å². The SMILES string of the molecule is CCCc1ccc2c(c1)C(O)C(CC)O2. The van der Waals surface area contributed by atoms with Crippen LogP contribution in [0.4, 0.5) is 0 Å². The minimum atomic E-state index is -0.443. The Balaban J connectivity index is 2.27. The topological polar surface area (TPSA) is 29.5 Å². The third-order valence-electron chi connectivity index (χ3n) is 2.96. The number of benzene rings is 1. The van der Waals surface area contributed by atoms with Crippen LogP contribution < -0.4 is 4.74 Å². The predicted molar refractivity (Wildman–Crippen MR) is 60.1 cm³/mol. The Hall–Kier alpha value is -1.02. The number of fused-ring (bicyclic) bond motifs is 1. The van der Waals surface area contributed by atoms with Gasteiger partial charge in [0, 0.05) is 5.56 Å². The van der Waals surface area contributed by atoms with Crippen LogP contribution in [-0.4, -0.2) is 11.2 Å². The van der Waals surface area contributed by atoms with Crippen molar-refractivity contribution in [3.8, 4) is 5.75 Å². The van der Waals surface area contributed by atoms with Gasteiger partial charge >= 0.3 is 0 Å². The van der Waals surface area contributed by atoms with E-state index in [0.29, 0.717) is 0 Å². The highest BCUT2D eigenvalue weighted by molar-refractivity contribution is 5.42. The van der Waals surface area contributed by atoms with E-state index >= 15 is 0 Å². The minimum Gasteiger partial charge on any atom is -0.487 e. The molecule has 1 aliphatic rings. The fraction of sp³-hybridized carbons (Fsp3) is 0.538.